The number of hydrogen-bond acceptors (Lipinski definition) is 3. The maximum atomic E-state index is 11.1. The Bertz CT molecular complexity index is 710. The van der Waals surface area contributed by atoms with Crippen LogP contribution in [0.1, 0.15) is 48.7 Å². The molecular weight excluding hydrogens is 300 g/mol. The van der Waals surface area contributed by atoms with Crippen LogP contribution >= 0.6 is 0 Å². The number of aromatic nitrogens is 1. The van der Waals surface area contributed by atoms with Crippen molar-refractivity contribution in [1.29, 1.82) is 0 Å². The number of aromatic carboxylic acids is 1. The molecule has 1 N–H and O–H groups in total. The molecule has 1 aromatic heterocycles. The van der Waals surface area contributed by atoms with E-state index in [1.807, 2.05) is 12.3 Å². The van der Waals surface area contributed by atoms with Gasteiger partial charge in [-0.05, 0) is 57.0 Å². The Morgan fingerprint density at radius 2 is 2.08 bits per heavy atom. The quantitative estimate of drug-likeness (QED) is 0.922. The summed E-state index contributed by atoms with van der Waals surface area (Å²) in [5.74, 6) is -0.419. The van der Waals surface area contributed by atoms with E-state index in [1.54, 1.807) is 18.2 Å². The molecule has 2 aromatic rings. The van der Waals surface area contributed by atoms with Gasteiger partial charge in [-0.15, -0.1) is 0 Å². The van der Waals surface area contributed by atoms with Gasteiger partial charge in [0.05, 0.1) is 5.56 Å². The van der Waals surface area contributed by atoms with E-state index in [-0.39, 0.29) is 0 Å². The number of carboxylic acids is 1. The van der Waals surface area contributed by atoms with Crippen molar-refractivity contribution in [3.05, 3.63) is 53.9 Å². The van der Waals surface area contributed by atoms with Gasteiger partial charge in [0.25, 0.3) is 0 Å². The van der Waals surface area contributed by atoms with Crippen LogP contribution < -0.4 is 0 Å². The molecule has 0 aliphatic carbocycles. The van der Waals surface area contributed by atoms with Crippen molar-refractivity contribution >= 4 is 5.97 Å². The first-order chi connectivity index (χ1) is 11.5. The summed E-state index contributed by atoms with van der Waals surface area (Å²) in [6.07, 6.45) is 4.27. The van der Waals surface area contributed by atoms with Crippen LogP contribution in [0.5, 0.6) is 0 Å². The van der Waals surface area contributed by atoms with Crippen molar-refractivity contribution in [2.45, 2.75) is 38.6 Å². The summed E-state index contributed by atoms with van der Waals surface area (Å²) >= 11 is 0. The zero-order valence-corrected chi connectivity index (χ0v) is 14.3. The molecule has 126 valence electrons. The van der Waals surface area contributed by atoms with Gasteiger partial charge in [-0.1, -0.05) is 18.2 Å². The minimum atomic E-state index is -0.905. The van der Waals surface area contributed by atoms with Crippen LogP contribution in [0, 0.1) is 0 Å². The Labute approximate surface area is 143 Å². The van der Waals surface area contributed by atoms with E-state index >= 15 is 0 Å². The number of carbonyl (C=O) groups is 1. The van der Waals surface area contributed by atoms with Crippen molar-refractivity contribution in [1.82, 2.24) is 9.88 Å². The fourth-order valence-electron chi connectivity index (χ4n) is 3.37. The van der Waals surface area contributed by atoms with Gasteiger partial charge in [-0.25, -0.2) is 4.79 Å². The highest BCUT2D eigenvalue weighted by atomic mass is 16.4. The summed E-state index contributed by atoms with van der Waals surface area (Å²) in [6, 6.07) is 11.7. The highest BCUT2D eigenvalue weighted by molar-refractivity contribution is 5.89. The van der Waals surface area contributed by atoms with Crippen molar-refractivity contribution in [3.63, 3.8) is 0 Å². The SMILES string of the molecule is CC(C)N1CCC[C@@H](c2ccc(-c3cccc(C(=O)O)c3)cn2)C1. The molecule has 0 amide bonds. The molecule has 0 spiro atoms. The number of hydrogen-bond donors (Lipinski definition) is 1. The van der Waals surface area contributed by atoms with Crippen LogP contribution in [0.3, 0.4) is 0 Å². The molecule has 1 aromatic carbocycles. The molecule has 0 bridgehead atoms. The third-order valence-electron chi connectivity index (χ3n) is 4.83. The molecule has 1 atom stereocenters. The Hall–Kier alpha value is -2.20. The van der Waals surface area contributed by atoms with Gasteiger partial charge < -0.3 is 10.0 Å². The predicted molar refractivity (Wildman–Crippen MR) is 95.3 cm³/mol. The van der Waals surface area contributed by atoms with Crippen LogP contribution in [0.15, 0.2) is 42.6 Å². The van der Waals surface area contributed by atoms with Gasteiger partial charge in [0, 0.05) is 36.0 Å². The van der Waals surface area contributed by atoms with Gasteiger partial charge >= 0.3 is 5.97 Å². The number of pyridine rings is 1. The van der Waals surface area contributed by atoms with E-state index in [9.17, 15) is 4.79 Å². The molecule has 0 saturated carbocycles. The van der Waals surface area contributed by atoms with E-state index in [0.717, 1.165) is 23.4 Å². The van der Waals surface area contributed by atoms with Crippen LogP contribution in [0.4, 0.5) is 0 Å². The van der Waals surface area contributed by atoms with E-state index in [1.165, 1.54) is 19.4 Å². The average molecular weight is 324 g/mol. The van der Waals surface area contributed by atoms with Gasteiger partial charge in [-0.3, -0.25) is 4.98 Å². The van der Waals surface area contributed by atoms with Crippen LogP contribution in [-0.2, 0) is 0 Å². The second-order valence-corrected chi connectivity index (χ2v) is 6.79. The first-order valence-corrected chi connectivity index (χ1v) is 8.58. The fourth-order valence-corrected chi connectivity index (χ4v) is 3.37. The number of nitrogens with zero attached hydrogens (tertiary/aromatic N) is 2. The van der Waals surface area contributed by atoms with Crippen molar-refractivity contribution in [2.24, 2.45) is 0 Å². The number of carboxylic acid groups (broad SMARTS) is 1. The molecule has 1 fully saturated rings. The van der Waals surface area contributed by atoms with E-state index in [0.29, 0.717) is 17.5 Å². The molecule has 1 saturated heterocycles. The lowest BCUT2D eigenvalue weighted by Gasteiger charge is -2.35. The topological polar surface area (TPSA) is 53.4 Å². The summed E-state index contributed by atoms with van der Waals surface area (Å²) in [7, 11) is 0. The summed E-state index contributed by atoms with van der Waals surface area (Å²) in [4.78, 5) is 18.3. The number of benzene rings is 1. The molecule has 1 aliphatic rings. The molecule has 24 heavy (non-hydrogen) atoms. The minimum Gasteiger partial charge on any atom is -0.478 e. The monoisotopic (exact) mass is 324 g/mol. The predicted octanol–water partition coefficient (Wildman–Crippen LogP) is 4.03. The summed E-state index contributed by atoms with van der Waals surface area (Å²) in [5, 5.41) is 9.12. The van der Waals surface area contributed by atoms with E-state index in [2.05, 4.69) is 35.9 Å². The Morgan fingerprint density at radius 1 is 1.25 bits per heavy atom. The van der Waals surface area contributed by atoms with Gasteiger partial charge in [-0.2, -0.15) is 0 Å². The largest absolute Gasteiger partial charge is 0.478 e. The lowest BCUT2D eigenvalue weighted by molar-refractivity contribution is 0.0697. The van der Waals surface area contributed by atoms with Crippen molar-refractivity contribution in [3.8, 4) is 11.1 Å². The maximum Gasteiger partial charge on any atom is 0.335 e. The second-order valence-electron chi connectivity index (χ2n) is 6.79. The Morgan fingerprint density at radius 3 is 2.75 bits per heavy atom. The third kappa shape index (κ3) is 3.65. The van der Waals surface area contributed by atoms with Crippen LogP contribution in [0.2, 0.25) is 0 Å². The summed E-state index contributed by atoms with van der Waals surface area (Å²) < 4.78 is 0. The smallest absolute Gasteiger partial charge is 0.335 e. The van der Waals surface area contributed by atoms with Gasteiger partial charge in [0.2, 0.25) is 0 Å². The fraction of sp³-hybridized carbons (Fsp3) is 0.400. The normalized spacial score (nSPS) is 18.7. The first kappa shape index (κ1) is 16.7. The highest BCUT2D eigenvalue weighted by Crippen LogP contribution is 2.28. The lowest BCUT2D eigenvalue weighted by Crippen LogP contribution is -2.39. The van der Waals surface area contributed by atoms with E-state index < -0.39 is 5.97 Å². The molecule has 1 aliphatic heterocycles. The third-order valence-corrected chi connectivity index (χ3v) is 4.83. The number of likely N-dealkylation sites (tertiary alicyclic amines) is 1. The van der Waals surface area contributed by atoms with Crippen LogP contribution in [-0.4, -0.2) is 40.1 Å². The molecule has 0 radical (unpaired) electrons. The molecule has 3 rings (SSSR count). The molecular formula is C20H24N2O2. The van der Waals surface area contributed by atoms with Crippen LogP contribution in [0.25, 0.3) is 11.1 Å². The first-order valence-electron chi connectivity index (χ1n) is 8.58. The minimum absolute atomic E-state index is 0.302. The summed E-state index contributed by atoms with van der Waals surface area (Å²) in [5.41, 5.74) is 3.29. The van der Waals surface area contributed by atoms with Crippen molar-refractivity contribution < 1.29 is 9.90 Å². The summed E-state index contributed by atoms with van der Waals surface area (Å²) in [6.45, 7) is 6.73. The highest BCUT2D eigenvalue weighted by Gasteiger charge is 2.23. The molecule has 4 heteroatoms. The Kier molecular flexibility index (Phi) is 4.95. The molecule has 0 unspecified atom stereocenters. The zero-order chi connectivity index (χ0) is 17.1. The lowest BCUT2D eigenvalue weighted by atomic mass is 9.93. The van der Waals surface area contributed by atoms with Crippen molar-refractivity contribution in [2.75, 3.05) is 13.1 Å². The molecule has 4 nitrogen and oxygen atoms in total. The second kappa shape index (κ2) is 7.14. The van der Waals surface area contributed by atoms with E-state index in [4.69, 9.17) is 5.11 Å². The van der Waals surface area contributed by atoms with Gasteiger partial charge in [0.1, 0.15) is 0 Å². The standard InChI is InChI=1S/C20H24N2O2/c1-14(2)22-10-4-7-18(13-22)19-9-8-17(12-21-19)15-5-3-6-16(11-15)20(23)24/h3,5-6,8-9,11-12,14,18H,4,7,10,13H2,1-2H3,(H,23,24)/t18-/m1/s1. The molecule has 2 heterocycles. The Balaban J connectivity index is 1.78. The zero-order valence-electron chi connectivity index (χ0n) is 14.3. The van der Waals surface area contributed by atoms with Gasteiger partial charge in [0.15, 0.2) is 0 Å². The maximum absolute atomic E-state index is 11.1. The number of piperidine rings is 1. The number of rotatable bonds is 4. The average Bonchev–Trinajstić information content (AvgIpc) is 2.62.